The van der Waals surface area contributed by atoms with E-state index in [9.17, 15) is 8.42 Å². The fraction of sp³-hybridized carbons (Fsp3) is 0.250. The fourth-order valence-electron chi connectivity index (χ4n) is 1.78. The highest BCUT2D eigenvalue weighted by Crippen LogP contribution is 2.26. The minimum atomic E-state index is -3.25. The smallest absolute Gasteiger partial charge is 0.224 e. The first-order valence-electron chi connectivity index (χ1n) is 5.13. The van der Waals surface area contributed by atoms with Crippen molar-refractivity contribution in [2.75, 3.05) is 6.26 Å². The third kappa shape index (κ3) is 2.04. The summed E-state index contributed by atoms with van der Waals surface area (Å²) in [7, 11) is -3.25. The molecule has 1 heterocycles. The van der Waals surface area contributed by atoms with E-state index in [2.05, 4.69) is 11.0 Å². The van der Waals surface area contributed by atoms with Gasteiger partial charge in [-0.05, 0) is 23.2 Å². The maximum Gasteiger partial charge on any atom is 0.316 e. The van der Waals surface area contributed by atoms with E-state index in [1.54, 1.807) is 11.6 Å². The molecule has 0 amide bonds. The number of aryl methyl sites for hydroxylation is 1. The SMILES string of the molecule is CC#[N+]n1cc(S(C)(=O)=O)c2ccc(C)cc21. The summed E-state index contributed by atoms with van der Waals surface area (Å²) in [5, 5.41) is 0.692. The third-order valence-electron chi connectivity index (χ3n) is 2.51. The summed E-state index contributed by atoms with van der Waals surface area (Å²) in [6.07, 6.45) is 2.72. The zero-order valence-corrected chi connectivity index (χ0v) is 10.7. The standard InChI is InChI=1S/C12H13N2O2S/c1-4-13-14-8-12(17(3,15)16)10-6-5-9(2)7-11(10)14/h5-8H,1-3H3/q+1. The lowest BCUT2D eigenvalue weighted by molar-refractivity contribution is 0.602. The minimum Gasteiger partial charge on any atom is -0.224 e. The van der Waals surface area contributed by atoms with Gasteiger partial charge in [-0.3, -0.25) is 0 Å². The van der Waals surface area contributed by atoms with Gasteiger partial charge in [0.05, 0.1) is 16.8 Å². The van der Waals surface area contributed by atoms with Crippen molar-refractivity contribution in [2.24, 2.45) is 0 Å². The normalized spacial score (nSPS) is 11.2. The number of fused-ring (bicyclic) bond motifs is 1. The van der Waals surface area contributed by atoms with Crippen LogP contribution in [0.2, 0.25) is 0 Å². The Balaban J connectivity index is 2.93. The molecule has 0 atom stereocenters. The number of benzene rings is 1. The Kier molecular flexibility index (Phi) is 2.68. The van der Waals surface area contributed by atoms with Gasteiger partial charge >= 0.3 is 6.07 Å². The number of sulfone groups is 1. The summed E-state index contributed by atoms with van der Waals surface area (Å²) < 4.78 is 24.9. The highest BCUT2D eigenvalue weighted by Gasteiger charge is 2.20. The van der Waals surface area contributed by atoms with Crippen LogP contribution in [-0.4, -0.2) is 19.3 Å². The van der Waals surface area contributed by atoms with E-state index < -0.39 is 9.84 Å². The van der Waals surface area contributed by atoms with Crippen LogP contribution in [-0.2, 0) is 9.84 Å². The van der Waals surface area contributed by atoms with Crippen molar-refractivity contribution in [3.8, 4) is 6.07 Å². The first-order chi connectivity index (χ1) is 7.93. The van der Waals surface area contributed by atoms with Crippen molar-refractivity contribution in [1.82, 2.24) is 4.68 Å². The van der Waals surface area contributed by atoms with Gasteiger partial charge in [-0.15, -0.1) is 0 Å². The number of aromatic nitrogens is 1. The molecule has 0 saturated carbocycles. The van der Waals surface area contributed by atoms with Gasteiger partial charge in [-0.25, -0.2) is 8.42 Å². The average Bonchev–Trinajstić information content (AvgIpc) is 2.57. The Morgan fingerprint density at radius 1 is 1.35 bits per heavy atom. The molecular formula is C12H13N2O2S+. The largest absolute Gasteiger partial charge is 0.316 e. The van der Waals surface area contributed by atoms with Gasteiger partial charge in [0.25, 0.3) is 0 Å². The lowest BCUT2D eigenvalue weighted by Gasteiger charge is -1.95. The average molecular weight is 249 g/mol. The predicted molar refractivity (Wildman–Crippen MR) is 68.1 cm³/mol. The number of hydrogen-bond donors (Lipinski definition) is 0. The zero-order chi connectivity index (χ0) is 12.6. The summed E-state index contributed by atoms with van der Waals surface area (Å²) in [5.41, 5.74) is 1.84. The van der Waals surface area contributed by atoms with Gasteiger partial charge in [-0.1, -0.05) is 12.1 Å². The first kappa shape index (κ1) is 11.7. The van der Waals surface area contributed by atoms with Crippen LogP contribution in [0.25, 0.3) is 15.9 Å². The molecule has 2 aromatic rings. The van der Waals surface area contributed by atoms with Crippen molar-refractivity contribution in [3.63, 3.8) is 0 Å². The molecule has 0 aliphatic rings. The molecule has 0 bridgehead atoms. The third-order valence-corrected chi connectivity index (χ3v) is 3.64. The van der Waals surface area contributed by atoms with E-state index in [1.165, 1.54) is 12.5 Å². The second-order valence-corrected chi connectivity index (χ2v) is 5.94. The maximum atomic E-state index is 11.7. The summed E-state index contributed by atoms with van der Waals surface area (Å²) in [6, 6.07) is 8.26. The Hall–Kier alpha value is -1.80. The molecule has 1 aromatic carbocycles. The molecule has 1 aromatic heterocycles. The van der Waals surface area contributed by atoms with Crippen LogP contribution in [0, 0.1) is 13.0 Å². The van der Waals surface area contributed by atoms with E-state index in [0.29, 0.717) is 10.3 Å². The van der Waals surface area contributed by atoms with Crippen LogP contribution in [0.3, 0.4) is 0 Å². The van der Waals surface area contributed by atoms with Gasteiger partial charge in [0, 0.05) is 11.6 Å². The maximum absolute atomic E-state index is 11.7. The van der Waals surface area contributed by atoms with Crippen LogP contribution >= 0.6 is 0 Å². The van der Waals surface area contributed by atoms with Crippen molar-refractivity contribution in [2.45, 2.75) is 18.7 Å². The van der Waals surface area contributed by atoms with E-state index in [1.807, 2.05) is 25.1 Å². The molecule has 17 heavy (non-hydrogen) atoms. The highest BCUT2D eigenvalue weighted by atomic mass is 32.2. The molecule has 5 heteroatoms. The summed E-state index contributed by atoms with van der Waals surface area (Å²) in [5.74, 6) is 0. The predicted octanol–water partition coefficient (Wildman–Crippen LogP) is 2.47. The van der Waals surface area contributed by atoms with Crippen molar-refractivity contribution >= 4 is 20.7 Å². The van der Waals surface area contributed by atoms with Gasteiger partial charge in [0.15, 0.2) is 9.84 Å². The summed E-state index contributed by atoms with van der Waals surface area (Å²) in [4.78, 5) is 4.31. The number of hydrogen-bond acceptors (Lipinski definition) is 2. The Morgan fingerprint density at radius 3 is 2.65 bits per heavy atom. The second kappa shape index (κ2) is 3.90. The molecule has 0 fully saturated rings. The van der Waals surface area contributed by atoms with Gasteiger partial charge < -0.3 is 0 Å². The van der Waals surface area contributed by atoms with Crippen LogP contribution in [0.4, 0.5) is 0 Å². The second-order valence-electron chi connectivity index (χ2n) is 3.95. The zero-order valence-electron chi connectivity index (χ0n) is 9.93. The lowest BCUT2D eigenvalue weighted by Crippen LogP contribution is -1.95. The topological polar surface area (TPSA) is 43.4 Å². The Bertz CT molecular complexity index is 746. The Labute approximate surface area is 100 Å². The van der Waals surface area contributed by atoms with Crippen molar-refractivity contribution in [1.29, 1.82) is 0 Å². The molecule has 0 N–H and O–H groups in total. The molecule has 88 valence electrons. The molecule has 0 aliphatic heterocycles. The van der Waals surface area contributed by atoms with Crippen molar-refractivity contribution < 1.29 is 8.42 Å². The van der Waals surface area contributed by atoms with Gasteiger partial charge in [0.2, 0.25) is 0 Å². The van der Waals surface area contributed by atoms with Gasteiger partial charge in [-0.2, -0.15) is 0 Å². The molecule has 0 spiro atoms. The number of rotatable bonds is 1. The van der Waals surface area contributed by atoms with E-state index >= 15 is 0 Å². The first-order valence-corrected chi connectivity index (χ1v) is 7.02. The molecular weight excluding hydrogens is 236 g/mol. The molecule has 2 rings (SSSR count). The van der Waals surface area contributed by atoms with Crippen LogP contribution < -0.4 is 0 Å². The Morgan fingerprint density at radius 2 is 2.06 bits per heavy atom. The minimum absolute atomic E-state index is 0.298. The quantitative estimate of drug-likeness (QED) is 0.779. The molecule has 4 nitrogen and oxygen atoms in total. The fourth-order valence-corrected chi connectivity index (χ4v) is 2.64. The highest BCUT2D eigenvalue weighted by molar-refractivity contribution is 7.91. The van der Waals surface area contributed by atoms with Gasteiger partial charge in [0.1, 0.15) is 11.7 Å². The van der Waals surface area contributed by atoms with Crippen LogP contribution in [0.5, 0.6) is 0 Å². The monoisotopic (exact) mass is 249 g/mol. The summed E-state index contributed by atoms with van der Waals surface area (Å²) in [6.45, 7) is 3.62. The lowest BCUT2D eigenvalue weighted by atomic mass is 10.2. The van der Waals surface area contributed by atoms with E-state index in [0.717, 1.165) is 11.1 Å². The van der Waals surface area contributed by atoms with E-state index in [-0.39, 0.29) is 0 Å². The molecule has 0 aliphatic carbocycles. The van der Waals surface area contributed by atoms with Crippen LogP contribution in [0.15, 0.2) is 29.3 Å². The van der Waals surface area contributed by atoms with Crippen molar-refractivity contribution in [3.05, 3.63) is 34.9 Å². The number of nitrogens with zero attached hydrogens (tertiary/aromatic N) is 2. The summed E-state index contributed by atoms with van der Waals surface area (Å²) >= 11 is 0. The molecule has 0 unspecified atom stereocenters. The van der Waals surface area contributed by atoms with E-state index in [4.69, 9.17) is 0 Å². The molecule has 0 saturated heterocycles. The molecule has 0 radical (unpaired) electrons. The van der Waals surface area contributed by atoms with Crippen LogP contribution in [0.1, 0.15) is 12.5 Å².